The van der Waals surface area contributed by atoms with Crippen molar-refractivity contribution < 1.29 is 4.74 Å². The van der Waals surface area contributed by atoms with E-state index in [4.69, 9.17) is 4.74 Å². The highest BCUT2D eigenvalue weighted by Gasteiger charge is 2.17. The van der Waals surface area contributed by atoms with Gasteiger partial charge in [0.15, 0.2) is 0 Å². The van der Waals surface area contributed by atoms with Crippen LogP contribution in [-0.2, 0) is 11.2 Å². The van der Waals surface area contributed by atoms with Gasteiger partial charge in [-0.15, -0.1) is 0 Å². The first-order chi connectivity index (χ1) is 8.19. The number of rotatable bonds is 2. The molecule has 1 aromatic heterocycles. The molecule has 0 saturated carbocycles. The molecule has 2 heterocycles. The van der Waals surface area contributed by atoms with Gasteiger partial charge >= 0.3 is 0 Å². The summed E-state index contributed by atoms with van der Waals surface area (Å²) in [5.41, 5.74) is 0. The van der Waals surface area contributed by atoms with Crippen molar-refractivity contribution in [1.82, 2.24) is 9.97 Å². The van der Waals surface area contributed by atoms with Gasteiger partial charge in [0.1, 0.15) is 16.2 Å². The van der Waals surface area contributed by atoms with Crippen molar-refractivity contribution >= 4 is 21.7 Å². The van der Waals surface area contributed by atoms with Crippen LogP contribution in [0.25, 0.3) is 0 Å². The standard InChI is InChI=1S/C12H18BrN3O/c1-3-11-14-10(13)7-12(15-11)16-5-4-6-17-9(2)8-16/h7,9H,3-6,8H2,1-2H3. The van der Waals surface area contributed by atoms with Crippen LogP contribution in [0.4, 0.5) is 5.82 Å². The number of aromatic nitrogens is 2. The van der Waals surface area contributed by atoms with Crippen LogP contribution in [0.2, 0.25) is 0 Å². The van der Waals surface area contributed by atoms with Crippen LogP contribution in [-0.4, -0.2) is 35.8 Å². The van der Waals surface area contributed by atoms with Crippen LogP contribution in [0.3, 0.4) is 0 Å². The average Bonchev–Trinajstić information content (AvgIpc) is 2.53. The predicted molar refractivity (Wildman–Crippen MR) is 71.4 cm³/mol. The molecule has 0 radical (unpaired) electrons. The number of halogens is 1. The smallest absolute Gasteiger partial charge is 0.133 e. The summed E-state index contributed by atoms with van der Waals surface area (Å²) in [6.07, 6.45) is 2.16. The molecular weight excluding hydrogens is 282 g/mol. The van der Waals surface area contributed by atoms with Gasteiger partial charge in [0.05, 0.1) is 6.10 Å². The lowest BCUT2D eigenvalue weighted by molar-refractivity contribution is 0.0820. The Morgan fingerprint density at radius 1 is 1.53 bits per heavy atom. The molecule has 1 unspecified atom stereocenters. The Hall–Kier alpha value is -0.680. The van der Waals surface area contributed by atoms with Crippen molar-refractivity contribution in [2.24, 2.45) is 0 Å². The summed E-state index contributed by atoms with van der Waals surface area (Å²) in [5.74, 6) is 1.88. The molecule has 0 aromatic carbocycles. The second kappa shape index (κ2) is 5.78. The quantitative estimate of drug-likeness (QED) is 0.786. The van der Waals surface area contributed by atoms with Crippen molar-refractivity contribution in [1.29, 1.82) is 0 Å². The molecule has 1 atom stereocenters. The van der Waals surface area contributed by atoms with Crippen LogP contribution in [0, 0.1) is 0 Å². The number of anilines is 1. The molecule has 0 bridgehead atoms. The summed E-state index contributed by atoms with van der Waals surface area (Å²) >= 11 is 3.45. The summed E-state index contributed by atoms with van der Waals surface area (Å²) in [4.78, 5) is 11.2. The fourth-order valence-corrected chi connectivity index (χ4v) is 2.38. The molecule has 0 N–H and O–H groups in total. The Labute approximate surface area is 111 Å². The zero-order valence-corrected chi connectivity index (χ0v) is 11.9. The summed E-state index contributed by atoms with van der Waals surface area (Å²) in [5, 5.41) is 0. The second-order valence-corrected chi connectivity index (χ2v) is 5.11. The molecule has 17 heavy (non-hydrogen) atoms. The van der Waals surface area contributed by atoms with Gasteiger partial charge in [-0.3, -0.25) is 0 Å². The fraction of sp³-hybridized carbons (Fsp3) is 0.667. The third-order valence-electron chi connectivity index (χ3n) is 2.82. The number of aryl methyl sites for hydroxylation is 1. The molecular formula is C12H18BrN3O. The van der Waals surface area contributed by atoms with Gasteiger partial charge in [-0.25, -0.2) is 9.97 Å². The molecule has 1 aromatic rings. The van der Waals surface area contributed by atoms with Crippen LogP contribution in [0.5, 0.6) is 0 Å². The predicted octanol–water partition coefficient (Wildman–Crippen LogP) is 2.42. The molecule has 4 nitrogen and oxygen atoms in total. The molecule has 2 rings (SSSR count). The van der Waals surface area contributed by atoms with Crippen molar-refractivity contribution in [2.45, 2.75) is 32.8 Å². The Morgan fingerprint density at radius 2 is 2.35 bits per heavy atom. The Kier molecular flexibility index (Phi) is 4.34. The summed E-state index contributed by atoms with van der Waals surface area (Å²) in [6.45, 7) is 6.91. The van der Waals surface area contributed by atoms with Crippen molar-refractivity contribution in [3.63, 3.8) is 0 Å². The van der Waals surface area contributed by atoms with E-state index in [1.165, 1.54) is 0 Å². The van der Waals surface area contributed by atoms with Crippen LogP contribution >= 0.6 is 15.9 Å². The Balaban J connectivity index is 2.22. The monoisotopic (exact) mass is 299 g/mol. The van der Waals surface area contributed by atoms with Crippen molar-refractivity contribution in [3.05, 3.63) is 16.5 Å². The Morgan fingerprint density at radius 3 is 3.12 bits per heavy atom. The lowest BCUT2D eigenvalue weighted by Gasteiger charge is -2.23. The lowest BCUT2D eigenvalue weighted by atomic mass is 10.3. The lowest BCUT2D eigenvalue weighted by Crippen LogP contribution is -2.31. The van der Waals surface area contributed by atoms with Crippen LogP contribution in [0.1, 0.15) is 26.1 Å². The maximum atomic E-state index is 5.64. The first-order valence-electron chi connectivity index (χ1n) is 6.09. The minimum absolute atomic E-state index is 0.260. The molecule has 94 valence electrons. The normalized spacial score (nSPS) is 21.4. The highest BCUT2D eigenvalue weighted by molar-refractivity contribution is 9.10. The maximum Gasteiger partial charge on any atom is 0.133 e. The van der Waals surface area contributed by atoms with Gasteiger partial charge in [0, 0.05) is 32.2 Å². The van der Waals surface area contributed by atoms with Gasteiger partial charge < -0.3 is 9.64 Å². The Bertz CT molecular complexity index is 386. The van der Waals surface area contributed by atoms with E-state index in [0.29, 0.717) is 0 Å². The number of ether oxygens (including phenoxy) is 1. The molecule has 1 saturated heterocycles. The number of hydrogen-bond acceptors (Lipinski definition) is 4. The van der Waals surface area contributed by atoms with Gasteiger partial charge in [-0.2, -0.15) is 0 Å². The molecule has 0 aliphatic carbocycles. The van der Waals surface area contributed by atoms with Crippen molar-refractivity contribution in [2.75, 3.05) is 24.6 Å². The maximum absolute atomic E-state index is 5.64. The zero-order valence-electron chi connectivity index (χ0n) is 10.3. The van der Waals surface area contributed by atoms with Gasteiger partial charge in [0.2, 0.25) is 0 Å². The molecule has 1 fully saturated rings. The summed E-state index contributed by atoms with van der Waals surface area (Å²) in [6, 6.07) is 1.98. The molecule has 0 amide bonds. The third-order valence-corrected chi connectivity index (χ3v) is 3.23. The van der Waals surface area contributed by atoms with E-state index in [-0.39, 0.29) is 6.10 Å². The first-order valence-corrected chi connectivity index (χ1v) is 6.88. The summed E-state index contributed by atoms with van der Waals surface area (Å²) < 4.78 is 6.50. The van der Waals surface area contributed by atoms with E-state index in [0.717, 1.165) is 48.8 Å². The number of hydrogen-bond donors (Lipinski definition) is 0. The van der Waals surface area contributed by atoms with E-state index < -0.39 is 0 Å². The molecule has 5 heteroatoms. The fourth-order valence-electron chi connectivity index (χ4n) is 1.97. The third kappa shape index (κ3) is 3.39. The van der Waals surface area contributed by atoms with Crippen LogP contribution in [0.15, 0.2) is 10.7 Å². The molecule has 1 aliphatic rings. The van der Waals surface area contributed by atoms with E-state index in [9.17, 15) is 0 Å². The molecule has 0 spiro atoms. The minimum Gasteiger partial charge on any atom is -0.377 e. The average molecular weight is 300 g/mol. The van der Waals surface area contributed by atoms with E-state index in [2.05, 4.69) is 44.6 Å². The van der Waals surface area contributed by atoms with E-state index >= 15 is 0 Å². The highest BCUT2D eigenvalue weighted by atomic mass is 79.9. The second-order valence-electron chi connectivity index (χ2n) is 4.30. The van der Waals surface area contributed by atoms with E-state index in [1.807, 2.05) is 6.07 Å². The zero-order chi connectivity index (χ0) is 12.3. The van der Waals surface area contributed by atoms with Crippen LogP contribution < -0.4 is 4.90 Å². The van der Waals surface area contributed by atoms with Crippen molar-refractivity contribution in [3.8, 4) is 0 Å². The minimum atomic E-state index is 0.260. The first kappa shape index (κ1) is 12.8. The van der Waals surface area contributed by atoms with E-state index in [1.54, 1.807) is 0 Å². The topological polar surface area (TPSA) is 38.2 Å². The van der Waals surface area contributed by atoms with Gasteiger partial charge in [-0.1, -0.05) is 6.92 Å². The van der Waals surface area contributed by atoms with Gasteiger partial charge in [-0.05, 0) is 29.3 Å². The summed E-state index contributed by atoms with van der Waals surface area (Å²) in [7, 11) is 0. The molecule has 1 aliphatic heterocycles. The van der Waals surface area contributed by atoms with Gasteiger partial charge in [0.25, 0.3) is 0 Å². The SMILES string of the molecule is CCc1nc(Br)cc(N2CCCOC(C)C2)n1. The largest absolute Gasteiger partial charge is 0.377 e. The number of nitrogens with zero attached hydrogens (tertiary/aromatic N) is 3. The highest BCUT2D eigenvalue weighted by Crippen LogP contribution is 2.19.